The molecule has 5 nitrogen and oxygen atoms in total. The maximum Gasteiger partial charge on any atom is 0.220 e. The van der Waals surface area contributed by atoms with E-state index in [2.05, 4.69) is 5.32 Å². The Morgan fingerprint density at radius 1 is 0.960 bits per heavy atom. The highest BCUT2D eigenvalue weighted by molar-refractivity contribution is 5.97. The minimum absolute atomic E-state index is 0.0304. The van der Waals surface area contributed by atoms with Crippen LogP contribution in [0.3, 0.4) is 0 Å². The largest absolute Gasteiger partial charge is 0.497 e. The Labute approximate surface area is 148 Å². The van der Waals surface area contributed by atoms with Gasteiger partial charge in [-0.25, -0.2) is 0 Å². The zero-order valence-electron chi connectivity index (χ0n) is 14.8. The van der Waals surface area contributed by atoms with E-state index in [1.54, 1.807) is 32.4 Å². The van der Waals surface area contributed by atoms with Crippen LogP contribution in [0, 0.1) is 6.92 Å². The van der Waals surface area contributed by atoms with Crippen LogP contribution in [0.5, 0.6) is 11.5 Å². The lowest BCUT2D eigenvalue weighted by Crippen LogP contribution is -2.23. The molecule has 2 rings (SSSR count). The SMILES string of the molecule is COc1ccc(CNC(=O)CCC(=O)c2ccc(C)cc2)c(OC)c1. The van der Waals surface area contributed by atoms with Gasteiger partial charge in [-0.05, 0) is 19.1 Å². The van der Waals surface area contributed by atoms with Crippen molar-refractivity contribution in [3.8, 4) is 11.5 Å². The number of carbonyl (C=O) groups is 2. The van der Waals surface area contributed by atoms with E-state index < -0.39 is 0 Å². The summed E-state index contributed by atoms with van der Waals surface area (Å²) in [6.45, 7) is 2.31. The summed E-state index contributed by atoms with van der Waals surface area (Å²) in [7, 11) is 3.15. The quantitative estimate of drug-likeness (QED) is 0.748. The summed E-state index contributed by atoms with van der Waals surface area (Å²) < 4.78 is 10.4. The fraction of sp³-hybridized carbons (Fsp3) is 0.300. The maximum atomic E-state index is 12.1. The summed E-state index contributed by atoms with van der Waals surface area (Å²) in [4.78, 5) is 24.1. The van der Waals surface area contributed by atoms with E-state index in [1.807, 2.05) is 31.2 Å². The predicted molar refractivity (Wildman–Crippen MR) is 96.1 cm³/mol. The molecule has 0 unspecified atom stereocenters. The molecule has 0 saturated heterocycles. The molecule has 0 heterocycles. The summed E-state index contributed by atoms with van der Waals surface area (Å²) in [5.74, 6) is 1.14. The molecule has 1 N–H and O–H groups in total. The molecule has 0 aromatic heterocycles. The third-order valence-electron chi connectivity index (χ3n) is 3.92. The number of ketones is 1. The van der Waals surface area contributed by atoms with Gasteiger partial charge in [0.15, 0.2) is 5.78 Å². The Kier molecular flexibility index (Phi) is 6.57. The van der Waals surface area contributed by atoms with E-state index in [4.69, 9.17) is 9.47 Å². The van der Waals surface area contributed by atoms with Crippen LogP contribution >= 0.6 is 0 Å². The highest BCUT2D eigenvalue weighted by Crippen LogP contribution is 2.24. The van der Waals surface area contributed by atoms with E-state index in [0.29, 0.717) is 23.6 Å². The first-order valence-electron chi connectivity index (χ1n) is 8.11. The van der Waals surface area contributed by atoms with Gasteiger partial charge in [-0.1, -0.05) is 29.8 Å². The van der Waals surface area contributed by atoms with Crippen LogP contribution in [-0.4, -0.2) is 25.9 Å². The molecule has 0 saturated carbocycles. The van der Waals surface area contributed by atoms with Gasteiger partial charge in [0.2, 0.25) is 5.91 Å². The standard InChI is InChI=1S/C20H23NO4/c1-14-4-6-15(7-5-14)18(22)10-11-20(23)21-13-16-8-9-17(24-2)12-19(16)25-3/h4-9,12H,10-11,13H2,1-3H3,(H,21,23). The number of benzene rings is 2. The minimum atomic E-state index is -0.168. The van der Waals surface area contributed by atoms with Crippen molar-refractivity contribution in [1.29, 1.82) is 0 Å². The first-order valence-corrected chi connectivity index (χ1v) is 8.11. The predicted octanol–water partition coefficient (Wildman–Crippen LogP) is 3.29. The molecule has 0 spiro atoms. The van der Waals surface area contributed by atoms with E-state index in [-0.39, 0.29) is 24.5 Å². The second-order valence-electron chi connectivity index (χ2n) is 5.74. The molecule has 25 heavy (non-hydrogen) atoms. The van der Waals surface area contributed by atoms with Gasteiger partial charge < -0.3 is 14.8 Å². The average molecular weight is 341 g/mol. The first kappa shape index (κ1) is 18.5. The molecule has 0 bridgehead atoms. The van der Waals surface area contributed by atoms with Crippen LogP contribution in [0.4, 0.5) is 0 Å². The minimum Gasteiger partial charge on any atom is -0.497 e. The summed E-state index contributed by atoms with van der Waals surface area (Å²) in [5, 5.41) is 2.82. The van der Waals surface area contributed by atoms with Crippen LogP contribution < -0.4 is 14.8 Å². The van der Waals surface area contributed by atoms with Gasteiger partial charge in [-0.2, -0.15) is 0 Å². The van der Waals surface area contributed by atoms with Crippen molar-refractivity contribution < 1.29 is 19.1 Å². The second-order valence-corrected chi connectivity index (χ2v) is 5.74. The molecule has 0 aliphatic rings. The molecule has 132 valence electrons. The van der Waals surface area contributed by atoms with Gasteiger partial charge in [0, 0.05) is 36.6 Å². The van der Waals surface area contributed by atoms with E-state index >= 15 is 0 Å². The van der Waals surface area contributed by atoms with Crippen molar-refractivity contribution in [2.24, 2.45) is 0 Å². The number of hydrogen-bond donors (Lipinski definition) is 1. The molecule has 1 amide bonds. The number of nitrogens with one attached hydrogen (secondary N) is 1. The number of aryl methyl sites for hydroxylation is 1. The number of ether oxygens (including phenoxy) is 2. The highest BCUT2D eigenvalue weighted by Gasteiger charge is 2.11. The average Bonchev–Trinajstić information content (AvgIpc) is 2.64. The van der Waals surface area contributed by atoms with Crippen LogP contribution in [0.25, 0.3) is 0 Å². The number of methoxy groups -OCH3 is 2. The summed E-state index contributed by atoms with van der Waals surface area (Å²) in [6, 6.07) is 12.8. The summed E-state index contributed by atoms with van der Waals surface area (Å²) in [6.07, 6.45) is 0.347. The Hall–Kier alpha value is -2.82. The van der Waals surface area contributed by atoms with Crippen molar-refractivity contribution in [2.45, 2.75) is 26.3 Å². The van der Waals surface area contributed by atoms with E-state index in [0.717, 1.165) is 11.1 Å². The Bertz CT molecular complexity index is 738. The van der Waals surface area contributed by atoms with Gasteiger partial charge in [-0.3, -0.25) is 9.59 Å². The van der Waals surface area contributed by atoms with Crippen molar-refractivity contribution in [1.82, 2.24) is 5.32 Å². The zero-order chi connectivity index (χ0) is 18.2. The molecule has 0 aliphatic carbocycles. The topological polar surface area (TPSA) is 64.6 Å². The highest BCUT2D eigenvalue weighted by atomic mass is 16.5. The number of Topliss-reactive ketones (excluding diaryl/α,β-unsaturated/α-hetero) is 1. The van der Waals surface area contributed by atoms with E-state index in [9.17, 15) is 9.59 Å². The lowest BCUT2D eigenvalue weighted by atomic mass is 10.0. The normalized spacial score (nSPS) is 10.2. The molecule has 0 radical (unpaired) electrons. The van der Waals surface area contributed by atoms with Gasteiger partial charge in [0.05, 0.1) is 14.2 Å². The lowest BCUT2D eigenvalue weighted by molar-refractivity contribution is -0.121. The number of hydrogen-bond acceptors (Lipinski definition) is 4. The van der Waals surface area contributed by atoms with Crippen molar-refractivity contribution in [3.63, 3.8) is 0 Å². The number of amides is 1. The molecular weight excluding hydrogens is 318 g/mol. The molecule has 5 heteroatoms. The van der Waals surface area contributed by atoms with Gasteiger partial charge >= 0.3 is 0 Å². The second kappa shape index (κ2) is 8.87. The van der Waals surface area contributed by atoms with Crippen molar-refractivity contribution in [3.05, 3.63) is 59.2 Å². The first-order chi connectivity index (χ1) is 12.0. The fourth-order valence-electron chi connectivity index (χ4n) is 2.39. The monoisotopic (exact) mass is 341 g/mol. The van der Waals surface area contributed by atoms with Crippen molar-refractivity contribution >= 4 is 11.7 Å². The molecule has 0 aliphatic heterocycles. The molecule has 2 aromatic carbocycles. The van der Waals surface area contributed by atoms with Gasteiger partial charge in [0.25, 0.3) is 0 Å². The van der Waals surface area contributed by atoms with Crippen LogP contribution in [0.1, 0.15) is 34.3 Å². The van der Waals surface area contributed by atoms with Gasteiger partial charge in [-0.15, -0.1) is 0 Å². The van der Waals surface area contributed by atoms with Crippen LogP contribution in [0.15, 0.2) is 42.5 Å². The molecule has 0 atom stereocenters. The van der Waals surface area contributed by atoms with Crippen LogP contribution in [0.2, 0.25) is 0 Å². The summed E-state index contributed by atoms with van der Waals surface area (Å²) in [5.41, 5.74) is 2.58. The zero-order valence-corrected chi connectivity index (χ0v) is 14.8. The molecular formula is C20H23NO4. The lowest BCUT2D eigenvalue weighted by Gasteiger charge is -2.11. The van der Waals surface area contributed by atoms with E-state index in [1.165, 1.54) is 0 Å². The Balaban J connectivity index is 1.84. The smallest absolute Gasteiger partial charge is 0.220 e. The third kappa shape index (κ3) is 5.35. The number of rotatable bonds is 8. The summed E-state index contributed by atoms with van der Waals surface area (Å²) >= 11 is 0. The number of carbonyl (C=O) groups excluding carboxylic acids is 2. The fourth-order valence-corrected chi connectivity index (χ4v) is 2.39. The van der Waals surface area contributed by atoms with Crippen LogP contribution in [-0.2, 0) is 11.3 Å². The molecule has 0 fully saturated rings. The third-order valence-corrected chi connectivity index (χ3v) is 3.92. The Morgan fingerprint density at radius 3 is 2.32 bits per heavy atom. The Morgan fingerprint density at radius 2 is 1.68 bits per heavy atom. The maximum absolute atomic E-state index is 12.1. The van der Waals surface area contributed by atoms with Crippen molar-refractivity contribution in [2.75, 3.05) is 14.2 Å². The van der Waals surface area contributed by atoms with Gasteiger partial charge in [0.1, 0.15) is 11.5 Å². The molecule has 2 aromatic rings.